The lowest BCUT2D eigenvalue weighted by Crippen LogP contribution is -1.89. The van der Waals surface area contributed by atoms with Crippen LogP contribution < -0.4 is 0 Å². The zero-order valence-electron chi connectivity index (χ0n) is 11.1. The van der Waals surface area contributed by atoms with Crippen molar-refractivity contribution in [1.82, 2.24) is 24.9 Å². The maximum atomic E-state index is 5.23. The molecule has 3 heterocycles. The number of hydrogen-bond acceptors (Lipinski definition) is 4. The fourth-order valence-corrected chi connectivity index (χ4v) is 1.87. The van der Waals surface area contributed by atoms with E-state index in [1.807, 2.05) is 49.9 Å². The highest BCUT2D eigenvalue weighted by Gasteiger charge is 2.15. The predicted octanol–water partition coefficient (Wildman–Crippen LogP) is 2.59. The maximum Gasteiger partial charge on any atom is 0.275 e. The van der Waals surface area contributed by atoms with Gasteiger partial charge in [-0.15, -0.1) is 0 Å². The van der Waals surface area contributed by atoms with E-state index in [4.69, 9.17) is 4.52 Å². The topological polar surface area (TPSA) is 72.5 Å². The fourth-order valence-electron chi connectivity index (χ4n) is 1.87. The summed E-state index contributed by atoms with van der Waals surface area (Å²) in [7, 11) is 1.98. The van der Waals surface area contributed by atoms with Crippen molar-refractivity contribution in [2.45, 2.75) is 19.8 Å². The molecule has 0 saturated heterocycles. The number of H-pyrrole nitrogens is 1. The Labute approximate surface area is 110 Å². The van der Waals surface area contributed by atoms with Crippen molar-refractivity contribution < 1.29 is 4.52 Å². The summed E-state index contributed by atoms with van der Waals surface area (Å²) < 4.78 is 7.24. The van der Waals surface area contributed by atoms with Crippen molar-refractivity contribution in [2.75, 3.05) is 0 Å². The first-order valence-electron chi connectivity index (χ1n) is 6.16. The minimum atomic E-state index is 0.243. The van der Waals surface area contributed by atoms with E-state index in [1.54, 1.807) is 0 Å². The quantitative estimate of drug-likeness (QED) is 0.782. The molecule has 3 aromatic heterocycles. The van der Waals surface area contributed by atoms with E-state index in [1.165, 1.54) is 0 Å². The summed E-state index contributed by atoms with van der Waals surface area (Å²) in [6.45, 7) is 4.05. The number of rotatable bonds is 3. The largest absolute Gasteiger partial charge is 0.349 e. The number of hydrogen-bond donors (Lipinski definition) is 1. The highest BCUT2D eigenvalue weighted by atomic mass is 16.5. The van der Waals surface area contributed by atoms with E-state index in [9.17, 15) is 0 Å². The molecule has 1 N–H and O–H groups in total. The van der Waals surface area contributed by atoms with Crippen molar-refractivity contribution in [3.05, 3.63) is 30.2 Å². The van der Waals surface area contributed by atoms with Crippen LogP contribution in [0.3, 0.4) is 0 Å². The highest BCUT2D eigenvalue weighted by Crippen LogP contribution is 2.23. The Balaban J connectivity index is 1.94. The van der Waals surface area contributed by atoms with Crippen LogP contribution in [0.5, 0.6) is 0 Å². The summed E-state index contributed by atoms with van der Waals surface area (Å²) in [5.74, 6) is 1.41. The molecule has 0 fully saturated rings. The van der Waals surface area contributed by atoms with Crippen LogP contribution in [0.15, 0.2) is 28.9 Å². The lowest BCUT2D eigenvalue weighted by Gasteiger charge is -1.96. The third-order valence-electron chi connectivity index (χ3n) is 2.97. The van der Waals surface area contributed by atoms with Gasteiger partial charge in [0.2, 0.25) is 0 Å². The highest BCUT2D eigenvalue weighted by molar-refractivity contribution is 5.61. The lowest BCUT2D eigenvalue weighted by molar-refractivity contribution is 0.418. The molecule has 0 aliphatic rings. The Morgan fingerprint density at radius 3 is 2.84 bits per heavy atom. The van der Waals surface area contributed by atoms with Gasteiger partial charge in [-0.25, -0.2) is 0 Å². The molecule has 3 aromatic rings. The molecule has 0 aliphatic heterocycles. The maximum absolute atomic E-state index is 5.23. The minimum absolute atomic E-state index is 0.243. The van der Waals surface area contributed by atoms with Crippen LogP contribution in [0, 0.1) is 0 Å². The lowest BCUT2D eigenvalue weighted by atomic mass is 10.2. The SMILES string of the molecule is CC(C)c1noc(-c2cc(-c3cccn3C)n[nH]2)n1. The second-order valence-corrected chi connectivity index (χ2v) is 4.78. The number of aromatic nitrogens is 5. The molecule has 19 heavy (non-hydrogen) atoms. The van der Waals surface area contributed by atoms with Gasteiger partial charge in [0, 0.05) is 19.2 Å². The zero-order chi connectivity index (χ0) is 13.4. The molecular weight excluding hydrogens is 242 g/mol. The van der Waals surface area contributed by atoms with Gasteiger partial charge in [-0.05, 0) is 18.2 Å². The van der Waals surface area contributed by atoms with Gasteiger partial charge in [0.25, 0.3) is 5.89 Å². The molecule has 0 amide bonds. The number of nitrogens with one attached hydrogen (secondary N) is 1. The normalized spacial score (nSPS) is 11.4. The van der Waals surface area contributed by atoms with Crippen molar-refractivity contribution in [2.24, 2.45) is 7.05 Å². The molecule has 3 rings (SSSR count). The van der Waals surface area contributed by atoms with Gasteiger partial charge in [0.1, 0.15) is 11.4 Å². The van der Waals surface area contributed by atoms with E-state index < -0.39 is 0 Å². The van der Waals surface area contributed by atoms with Gasteiger partial charge in [0.15, 0.2) is 5.82 Å². The second-order valence-electron chi connectivity index (χ2n) is 4.78. The summed E-state index contributed by atoms with van der Waals surface area (Å²) in [6.07, 6.45) is 1.98. The van der Waals surface area contributed by atoms with Crippen LogP contribution in [0.25, 0.3) is 23.0 Å². The zero-order valence-corrected chi connectivity index (χ0v) is 11.1. The molecule has 0 saturated carbocycles. The van der Waals surface area contributed by atoms with Crippen LogP contribution in [0.4, 0.5) is 0 Å². The molecule has 98 valence electrons. The number of aryl methyl sites for hydroxylation is 1. The average Bonchev–Trinajstić information content (AvgIpc) is 3.07. The third-order valence-corrected chi connectivity index (χ3v) is 2.97. The van der Waals surface area contributed by atoms with Crippen LogP contribution in [0.2, 0.25) is 0 Å². The Hall–Kier alpha value is -2.37. The second kappa shape index (κ2) is 4.38. The van der Waals surface area contributed by atoms with E-state index in [2.05, 4.69) is 20.3 Å². The van der Waals surface area contributed by atoms with Crippen molar-refractivity contribution in [1.29, 1.82) is 0 Å². The first kappa shape index (κ1) is 11.7. The van der Waals surface area contributed by atoms with E-state index in [0.717, 1.165) is 17.1 Å². The van der Waals surface area contributed by atoms with E-state index in [0.29, 0.717) is 11.7 Å². The first-order valence-corrected chi connectivity index (χ1v) is 6.16. The van der Waals surface area contributed by atoms with Crippen molar-refractivity contribution >= 4 is 0 Å². The standard InChI is InChI=1S/C13H15N5O/c1-8(2)12-14-13(19-17-12)10-7-9(15-16-10)11-5-4-6-18(11)3/h4-8H,1-3H3,(H,15,16). The van der Waals surface area contributed by atoms with Gasteiger partial charge < -0.3 is 9.09 Å². The predicted molar refractivity (Wildman–Crippen MR) is 70.4 cm³/mol. The summed E-state index contributed by atoms with van der Waals surface area (Å²) in [5, 5.41) is 11.1. The van der Waals surface area contributed by atoms with E-state index >= 15 is 0 Å². The van der Waals surface area contributed by atoms with Crippen molar-refractivity contribution in [3.8, 4) is 23.0 Å². The summed E-state index contributed by atoms with van der Waals surface area (Å²) in [4.78, 5) is 4.34. The molecule has 0 aliphatic carbocycles. The number of aromatic amines is 1. The van der Waals surface area contributed by atoms with Crippen LogP contribution in [-0.4, -0.2) is 24.9 Å². The minimum Gasteiger partial charge on any atom is -0.349 e. The molecule has 0 spiro atoms. The molecule has 6 heteroatoms. The molecule has 0 atom stereocenters. The Kier molecular flexibility index (Phi) is 2.70. The van der Waals surface area contributed by atoms with Gasteiger partial charge in [-0.1, -0.05) is 19.0 Å². The first-order chi connectivity index (χ1) is 9.15. The molecule has 6 nitrogen and oxygen atoms in total. The summed E-state index contributed by atoms with van der Waals surface area (Å²) in [6, 6.07) is 5.90. The Morgan fingerprint density at radius 1 is 1.37 bits per heavy atom. The van der Waals surface area contributed by atoms with Crippen LogP contribution in [-0.2, 0) is 7.05 Å². The van der Waals surface area contributed by atoms with E-state index in [-0.39, 0.29) is 5.92 Å². The smallest absolute Gasteiger partial charge is 0.275 e. The summed E-state index contributed by atoms with van der Waals surface area (Å²) >= 11 is 0. The molecule has 0 unspecified atom stereocenters. The Bertz CT molecular complexity index is 691. The van der Waals surface area contributed by atoms with Gasteiger partial charge in [0.05, 0.1) is 5.69 Å². The average molecular weight is 257 g/mol. The molecular formula is C13H15N5O. The molecule has 0 radical (unpaired) electrons. The van der Waals surface area contributed by atoms with Gasteiger partial charge >= 0.3 is 0 Å². The molecule has 0 aromatic carbocycles. The third kappa shape index (κ3) is 2.05. The monoisotopic (exact) mass is 257 g/mol. The van der Waals surface area contributed by atoms with Crippen LogP contribution >= 0.6 is 0 Å². The fraction of sp³-hybridized carbons (Fsp3) is 0.308. The van der Waals surface area contributed by atoms with Crippen molar-refractivity contribution in [3.63, 3.8) is 0 Å². The molecule has 0 bridgehead atoms. The Morgan fingerprint density at radius 2 is 2.21 bits per heavy atom. The number of nitrogens with zero attached hydrogens (tertiary/aromatic N) is 4. The van der Waals surface area contributed by atoms with Gasteiger partial charge in [-0.3, -0.25) is 5.10 Å². The summed E-state index contributed by atoms with van der Waals surface area (Å²) in [5.41, 5.74) is 2.62. The van der Waals surface area contributed by atoms with Gasteiger partial charge in [-0.2, -0.15) is 10.1 Å². The van der Waals surface area contributed by atoms with Crippen LogP contribution in [0.1, 0.15) is 25.6 Å².